The molecule has 0 saturated carbocycles. The van der Waals surface area contributed by atoms with Crippen LogP contribution < -0.4 is 4.90 Å². The maximum Gasteiger partial charge on any atom is 0.227 e. The first kappa shape index (κ1) is 14.6. The van der Waals surface area contributed by atoms with Crippen molar-refractivity contribution in [1.82, 2.24) is 0 Å². The van der Waals surface area contributed by atoms with Crippen LogP contribution >= 0.6 is 0 Å². The molecule has 1 atom stereocenters. The minimum Gasteiger partial charge on any atom is -0.508 e. The summed E-state index contributed by atoms with van der Waals surface area (Å²) >= 11 is 0. The predicted molar refractivity (Wildman–Crippen MR) is 74.8 cm³/mol. The Kier molecular flexibility index (Phi) is 4.38. The van der Waals surface area contributed by atoms with Crippen LogP contribution in [0.3, 0.4) is 0 Å². The second-order valence-electron chi connectivity index (χ2n) is 5.94. The van der Waals surface area contributed by atoms with Crippen molar-refractivity contribution in [3.05, 3.63) is 24.3 Å². The number of carbonyl (C=O) groups is 1. The van der Waals surface area contributed by atoms with Crippen molar-refractivity contribution < 1.29 is 9.90 Å². The summed E-state index contributed by atoms with van der Waals surface area (Å²) in [4.78, 5) is 13.8. The van der Waals surface area contributed by atoms with E-state index in [-0.39, 0.29) is 17.1 Å². The van der Waals surface area contributed by atoms with E-state index in [1.807, 2.05) is 0 Å². The average Bonchev–Trinajstić information content (AvgIpc) is 2.27. The number of carbonyl (C=O) groups excluding carboxylic acids is 1. The molecule has 0 aromatic heterocycles. The third-order valence-electron chi connectivity index (χ3n) is 3.57. The van der Waals surface area contributed by atoms with Gasteiger partial charge in [0.25, 0.3) is 0 Å². The van der Waals surface area contributed by atoms with Crippen LogP contribution in [0.5, 0.6) is 5.75 Å². The maximum atomic E-state index is 12.1. The van der Waals surface area contributed by atoms with E-state index in [0.29, 0.717) is 12.3 Å². The number of phenols is 1. The van der Waals surface area contributed by atoms with E-state index in [1.165, 1.54) is 0 Å². The Balaban J connectivity index is 2.70. The molecule has 0 radical (unpaired) electrons. The average molecular weight is 249 g/mol. The Morgan fingerprint density at radius 3 is 2.22 bits per heavy atom. The van der Waals surface area contributed by atoms with E-state index >= 15 is 0 Å². The molecule has 1 amide bonds. The fourth-order valence-electron chi connectivity index (χ4n) is 1.53. The highest BCUT2D eigenvalue weighted by Gasteiger charge is 2.24. The second-order valence-corrected chi connectivity index (χ2v) is 5.94. The van der Waals surface area contributed by atoms with Gasteiger partial charge >= 0.3 is 0 Å². The van der Waals surface area contributed by atoms with Crippen LogP contribution in [0, 0.1) is 11.3 Å². The topological polar surface area (TPSA) is 40.5 Å². The molecule has 1 N–H and O–H groups in total. The van der Waals surface area contributed by atoms with Crippen LogP contribution in [0.4, 0.5) is 5.69 Å². The third-order valence-corrected chi connectivity index (χ3v) is 3.57. The molecule has 0 bridgehead atoms. The lowest BCUT2D eigenvalue weighted by atomic mass is 9.80. The Labute approximate surface area is 109 Å². The Hall–Kier alpha value is -1.51. The summed E-state index contributed by atoms with van der Waals surface area (Å²) in [6, 6.07) is 6.67. The van der Waals surface area contributed by atoms with Crippen LogP contribution in [0.25, 0.3) is 0 Å². The quantitative estimate of drug-likeness (QED) is 0.891. The highest BCUT2D eigenvalue weighted by Crippen LogP contribution is 2.29. The molecule has 1 aromatic rings. The molecule has 3 nitrogen and oxygen atoms in total. The Morgan fingerprint density at radius 1 is 1.28 bits per heavy atom. The molecule has 1 rings (SSSR count). The number of benzene rings is 1. The van der Waals surface area contributed by atoms with Gasteiger partial charge in [0, 0.05) is 19.2 Å². The van der Waals surface area contributed by atoms with Gasteiger partial charge in [-0.15, -0.1) is 0 Å². The molecular formula is C15H23NO2. The van der Waals surface area contributed by atoms with Crippen LogP contribution in [0.15, 0.2) is 24.3 Å². The van der Waals surface area contributed by atoms with Gasteiger partial charge in [-0.2, -0.15) is 0 Å². The summed E-state index contributed by atoms with van der Waals surface area (Å²) in [5.74, 6) is 0.635. The van der Waals surface area contributed by atoms with Gasteiger partial charge in [-0.3, -0.25) is 4.79 Å². The molecule has 18 heavy (non-hydrogen) atoms. The molecule has 0 fully saturated rings. The first-order chi connectivity index (χ1) is 8.21. The van der Waals surface area contributed by atoms with Crippen molar-refractivity contribution in [2.45, 2.75) is 34.1 Å². The number of rotatable bonds is 3. The lowest BCUT2D eigenvalue weighted by molar-refractivity contribution is -0.119. The van der Waals surface area contributed by atoms with Gasteiger partial charge in [-0.1, -0.05) is 27.7 Å². The second kappa shape index (κ2) is 5.42. The zero-order valence-electron chi connectivity index (χ0n) is 11.9. The zero-order valence-corrected chi connectivity index (χ0v) is 11.9. The summed E-state index contributed by atoms with van der Waals surface area (Å²) < 4.78 is 0. The summed E-state index contributed by atoms with van der Waals surface area (Å²) in [5.41, 5.74) is 0.935. The van der Waals surface area contributed by atoms with Crippen molar-refractivity contribution in [3.8, 4) is 5.75 Å². The Morgan fingerprint density at radius 2 is 1.78 bits per heavy atom. The SMILES string of the molecule is CC(CC(=O)N(C)c1ccc(O)cc1)C(C)(C)C. The van der Waals surface area contributed by atoms with Crippen LogP contribution in [0.1, 0.15) is 34.1 Å². The fraction of sp³-hybridized carbons (Fsp3) is 0.533. The molecule has 0 aliphatic rings. The van der Waals surface area contributed by atoms with Gasteiger partial charge in [-0.05, 0) is 35.6 Å². The molecule has 0 aliphatic carbocycles. The van der Waals surface area contributed by atoms with E-state index in [0.717, 1.165) is 5.69 Å². The van der Waals surface area contributed by atoms with Gasteiger partial charge in [0.05, 0.1) is 0 Å². The fourth-order valence-corrected chi connectivity index (χ4v) is 1.53. The largest absolute Gasteiger partial charge is 0.508 e. The molecule has 1 unspecified atom stereocenters. The molecule has 0 saturated heterocycles. The maximum absolute atomic E-state index is 12.1. The van der Waals surface area contributed by atoms with Crippen LogP contribution in [-0.4, -0.2) is 18.1 Å². The van der Waals surface area contributed by atoms with E-state index in [9.17, 15) is 9.90 Å². The summed E-state index contributed by atoms with van der Waals surface area (Å²) in [7, 11) is 1.77. The van der Waals surface area contributed by atoms with Gasteiger partial charge in [-0.25, -0.2) is 0 Å². The molecule has 100 valence electrons. The summed E-state index contributed by atoms with van der Waals surface area (Å²) in [5, 5.41) is 9.23. The van der Waals surface area contributed by atoms with Gasteiger partial charge < -0.3 is 10.0 Å². The molecule has 0 spiro atoms. The van der Waals surface area contributed by atoms with Crippen molar-refractivity contribution in [2.24, 2.45) is 11.3 Å². The van der Waals surface area contributed by atoms with Crippen molar-refractivity contribution >= 4 is 11.6 Å². The molecule has 1 aromatic carbocycles. The Bertz CT molecular complexity index is 403. The molecule has 0 aliphatic heterocycles. The summed E-state index contributed by atoms with van der Waals surface area (Å²) in [6.45, 7) is 8.53. The van der Waals surface area contributed by atoms with Gasteiger partial charge in [0.1, 0.15) is 5.75 Å². The van der Waals surface area contributed by atoms with Crippen LogP contribution in [0.2, 0.25) is 0 Å². The number of nitrogens with zero attached hydrogens (tertiary/aromatic N) is 1. The summed E-state index contributed by atoms with van der Waals surface area (Å²) in [6.07, 6.45) is 0.529. The first-order valence-corrected chi connectivity index (χ1v) is 6.27. The first-order valence-electron chi connectivity index (χ1n) is 6.27. The highest BCUT2D eigenvalue weighted by atomic mass is 16.3. The molecule has 0 heterocycles. The standard InChI is InChI=1S/C15H23NO2/c1-11(15(2,3)4)10-14(18)16(5)12-6-8-13(17)9-7-12/h6-9,11,17H,10H2,1-5H3. The van der Waals surface area contributed by atoms with Gasteiger partial charge in [0.2, 0.25) is 5.91 Å². The van der Waals surface area contributed by atoms with Gasteiger partial charge in [0.15, 0.2) is 0 Å². The van der Waals surface area contributed by atoms with E-state index < -0.39 is 0 Å². The number of aromatic hydroxyl groups is 1. The smallest absolute Gasteiger partial charge is 0.227 e. The monoisotopic (exact) mass is 249 g/mol. The third kappa shape index (κ3) is 3.76. The number of hydrogen-bond donors (Lipinski definition) is 1. The zero-order chi connectivity index (χ0) is 13.9. The normalized spacial score (nSPS) is 13.2. The minimum absolute atomic E-state index is 0.100. The number of amides is 1. The van der Waals surface area contributed by atoms with Crippen molar-refractivity contribution in [1.29, 1.82) is 0 Å². The number of phenolic OH excluding ortho intramolecular Hbond substituents is 1. The lowest BCUT2D eigenvalue weighted by Crippen LogP contribution is -2.30. The molecule has 3 heteroatoms. The van der Waals surface area contributed by atoms with E-state index in [2.05, 4.69) is 27.7 Å². The number of anilines is 1. The van der Waals surface area contributed by atoms with Crippen molar-refractivity contribution in [2.75, 3.05) is 11.9 Å². The highest BCUT2D eigenvalue weighted by molar-refractivity contribution is 5.92. The number of hydrogen-bond acceptors (Lipinski definition) is 2. The minimum atomic E-state index is 0.100. The van der Waals surface area contributed by atoms with E-state index in [4.69, 9.17) is 0 Å². The molecular weight excluding hydrogens is 226 g/mol. The predicted octanol–water partition coefficient (Wildman–Crippen LogP) is 3.43. The van der Waals surface area contributed by atoms with Crippen molar-refractivity contribution in [3.63, 3.8) is 0 Å². The van der Waals surface area contributed by atoms with Crippen LogP contribution in [-0.2, 0) is 4.79 Å². The lowest BCUT2D eigenvalue weighted by Gasteiger charge is -2.28. The van der Waals surface area contributed by atoms with E-state index in [1.54, 1.807) is 36.2 Å².